The van der Waals surface area contributed by atoms with Gasteiger partial charge in [0.1, 0.15) is 12.4 Å². The zero-order chi connectivity index (χ0) is 18.5. The number of fused-ring (bicyclic) bond motifs is 1. The topological polar surface area (TPSA) is 35.5 Å². The Hall–Kier alpha value is -2.46. The van der Waals surface area contributed by atoms with E-state index in [-0.39, 0.29) is 11.9 Å². The Labute approximate surface area is 158 Å². The lowest BCUT2D eigenvalue weighted by atomic mass is 9.98. The van der Waals surface area contributed by atoms with Crippen LogP contribution in [0.3, 0.4) is 0 Å². The minimum Gasteiger partial charge on any atom is -0.497 e. The van der Waals surface area contributed by atoms with Gasteiger partial charge in [-0.1, -0.05) is 36.4 Å². The summed E-state index contributed by atoms with van der Waals surface area (Å²) >= 11 is 1.69. The van der Waals surface area contributed by atoms with Crippen molar-refractivity contribution in [1.29, 1.82) is 0 Å². The number of hydrogen-bond acceptors (Lipinski definition) is 4. The molecule has 0 amide bonds. The number of benzene rings is 3. The number of ether oxygens (including phenoxy) is 2. The minimum atomic E-state index is -0.313. The molecule has 0 spiro atoms. The van der Waals surface area contributed by atoms with E-state index in [2.05, 4.69) is 0 Å². The van der Waals surface area contributed by atoms with Gasteiger partial charge in [-0.2, -0.15) is 0 Å². The molecule has 0 aromatic heterocycles. The molecule has 0 aliphatic carbocycles. The molecule has 3 rings (SSSR count). The van der Waals surface area contributed by atoms with Crippen LogP contribution in [0.1, 0.15) is 24.0 Å². The second kappa shape index (κ2) is 8.28. The van der Waals surface area contributed by atoms with E-state index >= 15 is 0 Å². The molecule has 0 fully saturated rings. The molecular formula is C22H22O3S. The molecule has 1 atom stereocenters. The first kappa shape index (κ1) is 18.3. The zero-order valence-electron chi connectivity index (χ0n) is 15.2. The van der Waals surface area contributed by atoms with Gasteiger partial charge in [-0.25, -0.2) is 0 Å². The van der Waals surface area contributed by atoms with Crippen LogP contribution in [0.5, 0.6) is 5.75 Å². The Morgan fingerprint density at radius 1 is 1.00 bits per heavy atom. The number of carbonyl (C=O) groups is 1. The molecule has 0 heterocycles. The Bertz CT molecular complexity index is 903. The molecule has 0 saturated carbocycles. The maximum atomic E-state index is 12.4. The smallest absolute Gasteiger partial charge is 0.313 e. The van der Waals surface area contributed by atoms with Crippen LogP contribution in [0.2, 0.25) is 0 Å². The van der Waals surface area contributed by atoms with Crippen LogP contribution >= 0.6 is 11.8 Å². The summed E-state index contributed by atoms with van der Waals surface area (Å²) in [6.07, 6.45) is 2.04. The maximum absolute atomic E-state index is 12.4. The van der Waals surface area contributed by atoms with Gasteiger partial charge in [-0.15, -0.1) is 11.8 Å². The van der Waals surface area contributed by atoms with E-state index in [4.69, 9.17) is 9.47 Å². The van der Waals surface area contributed by atoms with E-state index in [0.717, 1.165) is 27.6 Å². The summed E-state index contributed by atoms with van der Waals surface area (Å²) in [6.45, 7) is 2.17. The second-order valence-electron chi connectivity index (χ2n) is 6.15. The van der Waals surface area contributed by atoms with Gasteiger partial charge < -0.3 is 9.47 Å². The first-order chi connectivity index (χ1) is 12.6. The van der Waals surface area contributed by atoms with Gasteiger partial charge in [0.05, 0.1) is 13.0 Å². The van der Waals surface area contributed by atoms with Gasteiger partial charge >= 0.3 is 5.97 Å². The van der Waals surface area contributed by atoms with Gasteiger partial charge in [-0.3, -0.25) is 4.79 Å². The van der Waals surface area contributed by atoms with Crippen molar-refractivity contribution in [2.45, 2.75) is 24.3 Å². The molecule has 0 aliphatic heterocycles. The number of esters is 1. The van der Waals surface area contributed by atoms with Crippen molar-refractivity contribution in [2.75, 3.05) is 13.4 Å². The fourth-order valence-corrected chi connectivity index (χ4v) is 3.18. The van der Waals surface area contributed by atoms with Crippen LogP contribution in [-0.2, 0) is 16.1 Å². The van der Waals surface area contributed by atoms with E-state index < -0.39 is 0 Å². The third-order valence-electron chi connectivity index (χ3n) is 4.47. The molecule has 3 aromatic carbocycles. The third kappa shape index (κ3) is 4.20. The van der Waals surface area contributed by atoms with Crippen molar-refractivity contribution < 1.29 is 14.3 Å². The predicted molar refractivity (Wildman–Crippen MR) is 107 cm³/mol. The van der Waals surface area contributed by atoms with Gasteiger partial charge in [0, 0.05) is 4.90 Å². The summed E-state index contributed by atoms with van der Waals surface area (Å²) < 4.78 is 10.8. The lowest BCUT2D eigenvalue weighted by Crippen LogP contribution is -2.13. The highest BCUT2D eigenvalue weighted by Gasteiger charge is 2.17. The molecule has 4 heteroatoms. The monoisotopic (exact) mass is 366 g/mol. The van der Waals surface area contributed by atoms with Crippen LogP contribution < -0.4 is 4.74 Å². The fourth-order valence-electron chi connectivity index (χ4n) is 2.78. The number of thioether (sulfide) groups is 1. The van der Waals surface area contributed by atoms with Crippen LogP contribution in [-0.4, -0.2) is 19.3 Å². The minimum absolute atomic E-state index is 0.216. The molecule has 0 radical (unpaired) electrons. The summed E-state index contributed by atoms with van der Waals surface area (Å²) in [5, 5.41) is 2.16. The summed E-state index contributed by atoms with van der Waals surface area (Å²) in [4.78, 5) is 13.6. The maximum Gasteiger partial charge on any atom is 0.313 e. The fraction of sp³-hybridized carbons (Fsp3) is 0.227. The second-order valence-corrected chi connectivity index (χ2v) is 7.03. The van der Waals surface area contributed by atoms with E-state index in [1.807, 2.05) is 73.8 Å². The van der Waals surface area contributed by atoms with Crippen molar-refractivity contribution in [3.05, 3.63) is 71.8 Å². The van der Waals surface area contributed by atoms with Crippen LogP contribution in [0.15, 0.2) is 65.6 Å². The van der Waals surface area contributed by atoms with Crippen molar-refractivity contribution >= 4 is 28.5 Å². The lowest BCUT2D eigenvalue weighted by Gasteiger charge is -2.13. The highest BCUT2D eigenvalue weighted by atomic mass is 32.2. The molecule has 0 bridgehead atoms. The average Bonchev–Trinajstić information content (AvgIpc) is 2.70. The molecule has 26 heavy (non-hydrogen) atoms. The van der Waals surface area contributed by atoms with Crippen molar-refractivity contribution in [2.24, 2.45) is 0 Å². The Kier molecular flexibility index (Phi) is 5.84. The largest absolute Gasteiger partial charge is 0.497 e. The first-order valence-corrected chi connectivity index (χ1v) is 9.70. The number of rotatable bonds is 6. The number of hydrogen-bond donors (Lipinski definition) is 0. The van der Waals surface area contributed by atoms with Gasteiger partial charge in [0.2, 0.25) is 0 Å². The summed E-state index contributed by atoms with van der Waals surface area (Å²) in [5.41, 5.74) is 1.94. The number of carbonyl (C=O) groups excluding carboxylic acids is 1. The van der Waals surface area contributed by atoms with E-state index in [1.165, 1.54) is 4.90 Å². The van der Waals surface area contributed by atoms with Gasteiger partial charge in [0.25, 0.3) is 0 Å². The van der Waals surface area contributed by atoms with Crippen molar-refractivity contribution in [3.63, 3.8) is 0 Å². The van der Waals surface area contributed by atoms with Gasteiger partial charge in [0.15, 0.2) is 0 Å². The molecule has 0 N–H and O–H groups in total. The summed E-state index contributed by atoms with van der Waals surface area (Å²) in [7, 11) is 1.66. The first-order valence-electron chi connectivity index (χ1n) is 8.48. The van der Waals surface area contributed by atoms with Crippen LogP contribution in [0.25, 0.3) is 10.8 Å². The summed E-state index contributed by atoms with van der Waals surface area (Å²) in [5.74, 6) is 0.295. The SMILES string of the molecule is COc1ccc2cc([C@@H](C)C(=O)OCc3ccc(SC)cc3)ccc2c1. The van der Waals surface area contributed by atoms with Crippen LogP contribution in [0, 0.1) is 0 Å². The lowest BCUT2D eigenvalue weighted by molar-refractivity contribution is -0.146. The molecule has 0 unspecified atom stereocenters. The molecule has 134 valence electrons. The molecule has 0 saturated heterocycles. The highest BCUT2D eigenvalue weighted by Crippen LogP contribution is 2.26. The standard InChI is InChI=1S/C22H22O3S/c1-15(22(23)25-14-16-4-10-21(26-3)11-5-16)17-6-7-19-13-20(24-2)9-8-18(19)12-17/h4-13,15H,14H2,1-3H3/t15-/m1/s1. The Morgan fingerprint density at radius 3 is 2.38 bits per heavy atom. The van der Waals surface area contributed by atoms with Crippen molar-refractivity contribution in [3.8, 4) is 5.75 Å². The molecule has 3 nitrogen and oxygen atoms in total. The van der Waals surface area contributed by atoms with E-state index in [9.17, 15) is 4.79 Å². The quantitative estimate of drug-likeness (QED) is 0.431. The van der Waals surface area contributed by atoms with E-state index in [1.54, 1.807) is 18.9 Å². The Morgan fingerprint density at radius 2 is 1.69 bits per heavy atom. The normalized spacial score (nSPS) is 12.0. The average molecular weight is 366 g/mol. The highest BCUT2D eigenvalue weighted by molar-refractivity contribution is 7.98. The molecule has 0 aliphatic rings. The van der Waals surface area contributed by atoms with Crippen molar-refractivity contribution in [1.82, 2.24) is 0 Å². The van der Waals surface area contributed by atoms with Crippen LogP contribution in [0.4, 0.5) is 0 Å². The van der Waals surface area contributed by atoms with Gasteiger partial charge in [-0.05, 0) is 59.3 Å². The Balaban J connectivity index is 1.68. The van der Waals surface area contributed by atoms with E-state index in [0.29, 0.717) is 6.61 Å². The predicted octanol–water partition coefficient (Wildman–Crippen LogP) is 5.42. The molecule has 3 aromatic rings. The number of methoxy groups -OCH3 is 1. The zero-order valence-corrected chi connectivity index (χ0v) is 16.0. The molecular weight excluding hydrogens is 344 g/mol. The summed E-state index contributed by atoms with van der Waals surface area (Å²) in [6, 6.07) is 20.0. The third-order valence-corrected chi connectivity index (χ3v) is 5.21.